The zero-order chi connectivity index (χ0) is 52.2. The van der Waals surface area contributed by atoms with Crippen molar-refractivity contribution in [3.63, 3.8) is 0 Å². The average molecular weight is 1010 g/mol. The van der Waals surface area contributed by atoms with Gasteiger partial charge in [0.25, 0.3) is 0 Å². The smallest absolute Gasteiger partial charge is 0.305 e. The van der Waals surface area contributed by atoms with Crippen LogP contribution in [-0.2, 0) is 14.3 Å². The summed E-state index contributed by atoms with van der Waals surface area (Å²) in [4.78, 5) is 24.5. The highest BCUT2D eigenvalue weighted by molar-refractivity contribution is 5.76. The number of unbranched alkanes of at least 4 members (excludes halogenated alkanes) is 44. The maximum Gasteiger partial charge on any atom is 0.305 e. The normalized spacial score (nSPS) is 12.8. The van der Waals surface area contributed by atoms with Crippen LogP contribution in [0, 0.1) is 0 Å². The topological polar surface area (TPSA) is 95.9 Å². The summed E-state index contributed by atoms with van der Waals surface area (Å²) < 4.78 is 5.44. The molecule has 72 heavy (non-hydrogen) atoms. The first-order chi connectivity index (χ1) is 35.5. The van der Waals surface area contributed by atoms with E-state index in [1.807, 2.05) is 0 Å². The number of amides is 1. The van der Waals surface area contributed by atoms with Gasteiger partial charge in [0, 0.05) is 12.8 Å². The van der Waals surface area contributed by atoms with E-state index in [1.54, 1.807) is 0 Å². The van der Waals surface area contributed by atoms with Gasteiger partial charge in [-0.25, -0.2) is 0 Å². The van der Waals surface area contributed by atoms with E-state index in [4.69, 9.17) is 4.74 Å². The minimum Gasteiger partial charge on any atom is -0.466 e. The molecule has 0 bridgehead atoms. The number of carbonyl (C=O) groups is 2. The molecule has 0 saturated carbocycles. The Bertz CT molecular complexity index is 1170. The molecule has 0 aliphatic heterocycles. The number of aliphatic hydroxyl groups excluding tert-OH is 2. The van der Waals surface area contributed by atoms with E-state index in [9.17, 15) is 19.8 Å². The lowest BCUT2D eigenvalue weighted by Gasteiger charge is -2.22. The molecule has 2 unspecified atom stereocenters. The molecule has 0 heterocycles. The molecular formula is C66H125NO5. The predicted molar refractivity (Wildman–Crippen MR) is 315 cm³/mol. The molecule has 6 heteroatoms. The quantitative estimate of drug-likeness (QED) is 0.0244. The number of ether oxygens (including phenoxy) is 1. The molecule has 1 amide bonds. The van der Waals surface area contributed by atoms with Gasteiger partial charge in [0.1, 0.15) is 0 Å². The standard InChI is InChI=1S/C66H125NO5/c1-3-5-7-9-11-13-15-17-18-19-20-21-22-23-24-26-29-32-35-38-42-46-50-54-58-64(69)63(62-68)67-65(70)59-55-51-47-43-39-36-33-30-27-25-28-31-34-37-41-45-49-53-57-61-72-66(71)60-56-52-48-44-40-16-14-12-10-8-6-4-2/h12,14,31,34,37,41,63-64,68-69H,3-11,13,15-30,32-33,35-36,38-40,42-62H2,1-2H3,(H,67,70)/b14-12-,34-31-,41-37-. The fourth-order valence-electron chi connectivity index (χ4n) is 9.98. The molecule has 0 aliphatic carbocycles. The summed E-state index contributed by atoms with van der Waals surface area (Å²) >= 11 is 0. The van der Waals surface area contributed by atoms with Crippen LogP contribution in [-0.4, -0.2) is 47.4 Å². The Morgan fingerprint density at radius 2 is 0.694 bits per heavy atom. The molecule has 0 saturated heterocycles. The third-order valence-corrected chi connectivity index (χ3v) is 14.9. The van der Waals surface area contributed by atoms with Crippen LogP contribution in [0.5, 0.6) is 0 Å². The molecule has 0 fully saturated rings. The summed E-state index contributed by atoms with van der Waals surface area (Å²) in [6.45, 7) is 4.91. The number of aliphatic hydroxyl groups is 2. The number of nitrogens with one attached hydrogen (secondary N) is 1. The zero-order valence-electron chi connectivity index (χ0n) is 48.4. The number of carbonyl (C=O) groups excluding carboxylic acids is 2. The minimum absolute atomic E-state index is 0.0230. The van der Waals surface area contributed by atoms with Gasteiger partial charge in [-0.1, -0.05) is 288 Å². The summed E-state index contributed by atoms with van der Waals surface area (Å²) in [5, 5.41) is 23.4. The van der Waals surface area contributed by atoms with Gasteiger partial charge >= 0.3 is 5.97 Å². The van der Waals surface area contributed by atoms with E-state index in [0.717, 1.165) is 70.6 Å². The SMILES string of the molecule is CCCCC/C=C\CCCCCCCC(=O)OCCCCC/C=C\C=C/CCCCCCCCCCCCC(=O)NC(CO)C(O)CCCCCCCCCCCCCCCCCCCCCCCCCC. The molecule has 0 aromatic rings. The zero-order valence-corrected chi connectivity index (χ0v) is 48.4. The maximum atomic E-state index is 12.5. The molecule has 6 nitrogen and oxygen atoms in total. The van der Waals surface area contributed by atoms with Crippen LogP contribution in [0.4, 0.5) is 0 Å². The molecule has 0 rings (SSSR count). The Labute approximate surface area is 449 Å². The van der Waals surface area contributed by atoms with Crippen molar-refractivity contribution in [3.05, 3.63) is 36.5 Å². The molecule has 3 N–H and O–H groups in total. The fourth-order valence-corrected chi connectivity index (χ4v) is 9.98. The number of hydrogen-bond acceptors (Lipinski definition) is 5. The first-order valence-electron chi connectivity index (χ1n) is 32.3. The Morgan fingerprint density at radius 3 is 1.10 bits per heavy atom. The number of allylic oxidation sites excluding steroid dienone is 6. The Kier molecular flexibility index (Phi) is 60.0. The van der Waals surface area contributed by atoms with Crippen LogP contribution < -0.4 is 5.32 Å². The first kappa shape index (κ1) is 70.1. The fraction of sp³-hybridized carbons (Fsp3) is 0.879. The van der Waals surface area contributed by atoms with Crippen molar-refractivity contribution >= 4 is 11.9 Å². The maximum absolute atomic E-state index is 12.5. The summed E-state index contributed by atoms with van der Waals surface area (Å²) in [5.74, 6) is -0.0647. The van der Waals surface area contributed by atoms with Crippen LogP contribution in [0.25, 0.3) is 0 Å². The van der Waals surface area contributed by atoms with Crippen LogP contribution >= 0.6 is 0 Å². The van der Waals surface area contributed by atoms with Crippen molar-refractivity contribution in [3.8, 4) is 0 Å². The van der Waals surface area contributed by atoms with Crippen molar-refractivity contribution in [2.24, 2.45) is 0 Å². The second-order valence-corrected chi connectivity index (χ2v) is 22.1. The first-order valence-corrected chi connectivity index (χ1v) is 32.3. The van der Waals surface area contributed by atoms with E-state index in [-0.39, 0.29) is 18.5 Å². The highest BCUT2D eigenvalue weighted by atomic mass is 16.5. The number of esters is 1. The van der Waals surface area contributed by atoms with Gasteiger partial charge in [0.2, 0.25) is 5.91 Å². The van der Waals surface area contributed by atoms with Gasteiger partial charge in [-0.3, -0.25) is 9.59 Å². The Balaban J connectivity index is 3.47. The Hall–Kier alpha value is -1.92. The van der Waals surface area contributed by atoms with Gasteiger partial charge in [-0.05, 0) is 83.5 Å². The lowest BCUT2D eigenvalue weighted by atomic mass is 10.0. The van der Waals surface area contributed by atoms with Gasteiger partial charge in [-0.15, -0.1) is 0 Å². The second-order valence-electron chi connectivity index (χ2n) is 22.1. The number of rotatable bonds is 60. The van der Waals surface area contributed by atoms with E-state index >= 15 is 0 Å². The van der Waals surface area contributed by atoms with Crippen molar-refractivity contribution in [1.29, 1.82) is 0 Å². The van der Waals surface area contributed by atoms with Gasteiger partial charge in [-0.2, -0.15) is 0 Å². The second kappa shape index (κ2) is 61.6. The lowest BCUT2D eigenvalue weighted by Crippen LogP contribution is -2.45. The highest BCUT2D eigenvalue weighted by Crippen LogP contribution is 2.18. The summed E-state index contributed by atoms with van der Waals surface area (Å²) in [7, 11) is 0. The minimum atomic E-state index is -0.673. The van der Waals surface area contributed by atoms with Crippen molar-refractivity contribution in [2.75, 3.05) is 13.2 Å². The third kappa shape index (κ3) is 57.4. The van der Waals surface area contributed by atoms with E-state index in [2.05, 4.69) is 55.6 Å². The van der Waals surface area contributed by atoms with Crippen LogP contribution in [0.15, 0.2) is 36.5 Å². The molecule has 0 spiro atoms. The summed E-state index contributed by atoms with van der Waals surface area (Å²) in [5.41, 5.74) is 0. The van der Waals surface area contributed by atoms with Crippen molar-refractivity contribution in [1.82, 2.24) is 5.32 Å². The van der Waals surface area contributed by atoms with Gasteiger partial charge < -0.3 is 20.3 Å². The molecule has 0 aromatic carbocycles. The van der Waals surface area contributed by atoms with Crippen LogP contribution in [0.2, 0.25) is 0 Å². The Morgan fingerprint density at radius 1 is 0.389 bits per heavy atom. The molecule has 0 aliphatic rings. The van der Waals surface area contributed by atoms with E-state index < -0.39 is 12.1 Å². The molecule has 424 valence electrons. The number of hydrogen-bond donors (Lipinski definition) is 3. The average Bonchev–Trinajstić information content (AvgIpc) is 3.38. The van der Waals surface area contributed by atoms with Crippen molar-refractivity contribution in [2.45, 2.75) is 360 Å². The summed E-state index contributed by atoms with van der Waals surface area (Å²) in [6, 6.07) is -0.551. The third-order valence-electron chi connectivity index (χ3n) is 14.9. The van der Waals surface area contributed by atoms with Gasteiger partial charge in [0.05, 0.1) is 25.4 Å². The van der Waals surface area contributed by atoms with Gasteiger partial charge in [0.15, 0.2) is 0 Å². The van der Waals surface area contributed by atoms with Crippen molar-refractivity contribution < 1.29 is 24.5 Å². The summed E-state index contributed by atoms with van der Waals surface area (Å²) in [6.07, 6.45) is 77.3. The molecular weight excluding hydrogens is 887 g/mol. The van der Waals surface area contributed by atoms with Crippen LogP contribution in [0.1, 0.15) is 348 Å². The molecule has 0 radical (unpaired) electrons. The predicted octanol–water partition coefficient (Wildman–Crippen LogP) is 20.4. The van der Waals surface area contributed by atoms with Crippen LogP contribution in [0.3, 0.4) is 0 Å². The monoisotopic (exact) mass is 1010 g/mol. The largest absolute Gasteiger partial charge is 0.466 e. The highest BCUT2D eigenvalue weighted by Gasteiger charge is 2.20. The van der Waals surface area contributed by atoms with E-state index in [0.29, 0.717) is 25.9 Å². The molecule has 2 atom stereocenters. The molecule has 0 aromatic heterocycles. The lowest BCUT2D eigenvalue weighted by molar-refractivity contribution is -0.143. The van der Waals surface area contributed by atoms with E-state index in [1.165, 1.54) is 244 Å².